The van der Waals surface area contributed by atoms with Gasteiger partial charge in [0.1, 0.15) is 0 Å². The lowest BCUT2D eigenvalue weighted by atomic mass is 10.2. The zero-order valence-corrected chi connectivity index (χ0v) is 12.3. The molecule has 0 aliphatic heterocycles. The van der Waals surface area contributed by atoms with Gasteiger partial charge in [-0.2, -0.15) is 0 Å². The van der Waals surface area contributed by atoms with Crippen LogP contribution in [0.25, 0.3) is 6.08 Å². The number of nitrogens with zero attached hydrogens (tertiary/aromatic N) is 2. The van der Waals surface area contributed by atoms with Crippen LogP contribution in [0.3, 0.4) is 0 Å². The molecule has 7 nitrogen and oxygen atoms in total. The summed E-state index contributed by atoms with van der Waals surface area (Å²) in [5.74, 6) is -0.195. The Morgan fingerprint density at radius 2 is 2.00 bits per heavy atom. The Morgan fingerprint density at radius 1 is 1.22 bits per heavy atom. The van der Waals surface area contributed by atoms with Crippen LogP contribution in [0.15, 0.2) is 54.9 Å². The maximum atomic E-state index is 11.6. The number of carbonyl (C=O) groups excluding carboxylic acids is 1. The number of non-ortho nitro benzene ring substituents is 1. The highest BCUT2D eigenvalue weighted by molar-refractivity contribution is 5.91. The predicted molar refractivity (Wildman–Crippen MR) is 87.9 cm³/mol. The van der Waals surface area contributed by atoms with Gasteiger partial charge in [0.2, 0.25) is 5.91 Å². The minimum absolute atomic E-state index is 0.0457. The Bertz CT molecular complexity index is 684. The quantitative estimate of drug-likeness (QED) is 0.354. The van der Waals surface area contributed by atoms with Crippen LogP contribution in [0.4, 0.5) is 11.4 Å². The van der Waals surface area contributed by atoms with E-state index in [0.717, 1.165) is 11.3 Å². The van der Waals surface area contributed by atoms with Crippen LogP contribution in [0.2, 0.25) is 0 Å². The van der Waals surface area contributed by atoms with Crippen LogP contribution in [0.5, 0.6) is 0 Å². The first-order valence-electron chi connectivity index (χ1n) is 6.99. The highest BCUT2D eigenvalue weighted by Crippen LogP contribution is 2.14. The molecule has 1 aromatic heterocycles. The number of hydrogen-bond donors (Lipinski definition) is 2. The normalized spacial score (nSPS) is 10.4. The van der Waals surface area contributed by atoms with Gasteiger partial charge in [0.05, 0.1) is 4.92 Å². The fraction of sp³-hybridized carbons (Fsp3) is 0.125. The molecular weight excluding hydrogens is 296 g/mol. The van der Waals surface area contributed by atoms with E-state index in [1.807, 2.05) is 6.07 Å². The summed E-state index contributed by atoms with van der Waals surface area (Å²) in [7, 11) is 0. The average molecular weight is 312 g/mol. The van der Waals surface area contributed by atoms with Gasteiger partial charge in [-0.3, -0.25) is 19.9 Å². The number of carbonyl (C=O) groups is 1. The second kappa shape index (κ2) is 8.28. The topological polar surface area (TPSA) is 97.2 Å². The molecule has 1 aromatic carbocycles. The lowest BCUT2D eigenvalue weighted by molar-refractivity contribution is -0.384. The van der Waals surface area contributed by atoms with Crippen molar-refractivity contribution in [3.05, 3.63) is 70.5 Å². The van der Waals surface area contributed by atoms with Gasteiger partial charge >= 0.3 is 0 Å². The SMILES string of the molecule is O=C(/C=C/c1cccnc1)NCCNc1ccc([N+](=O)[O-])cc1. The summed E-state index contributed by atoms with van der Waals surface area (Å²) in [5, 5.41) is 16.3. The van der Waals surface area contributed by atoms with E-state index in [0.29, 0.717) is 13.1 Å². The molecule has 2 aromatic rings. The highest BCUT2D eigenvalue weighted by Gasteiger charge is 2.03. The van der Waals surface area contributed by atoms with Crippen molar-refractivity contribution in [2.24, 2.45) is 0 Å². The zero-order chi connectivity index (χ0) is 16.5. The van der Waals surface area contributed by atoms with Gasteiger partial charge in [0.25, 0.3) is 5.69 Å². The van der Waals surface area contributed by atoms with Gasteiger partial charge in [-0.1, -0.05) is 6.07 Å². The van der Waals surface area contributed by atoms with E-state index in [1.165, 1.54) is 18.2 Å². The molecule has 0 spiro atoms. The summed E-state index contributed by atoms with van der Waals surface area (Å²) >= 11 is 0. The summed E-state index contributed by atoms with van der Waals surface area (Å²) < 4.78 is 0. The van der Waals surface area contributed by atoms with Crippen molar-refractivity contribution in [3.8, 4) is 0 Å². The van der Waals surface area contributed by atoms with Crippen LogP contribution in [0.1, 0.15) is 5.56 Å². The van der Waals surface area contributed by atoms with Crippen LogP contribution in [0, 0.1) is 10.1 Å². The zero-order valence-electron chi connectivity index (χ0n) is 12.3. The van der Waals surface area contributed by atoms with Crippen LogP contribution in [-0.2, 0) is 4.79 Å². The molecule has 2 N–H and O–H groups in total. The number of nitro benzene ring substituents is 1. The molecule has 118 valence electrons. The van der Waals surface area contributed by atoms with Crippen molar-refractivity contribution in [2.75, 3.05) is 18.4 Å². The number of aromatic nitrogens is 1. The third-order valence-corrected chi connectivity index (χ3v) is 2.94. The third kappa shape index (κ3) is 5.58. The standard InChI is InChI=1S/C16H16N4O3/c21-16(8-3-13-2-1-9-17-12-13)19-11-10-18-14-4-6-15(7-5-14)20(22)23/h1-9,12,18H,10-11H2,(H,19,21)/b8-3+. The third-order valence-electron chi connectivity index (χ3n) is 2.94. The number of pyridine rings is 1. The lowest BCUT2D eigenvalue weighted by Gasteiger charge is -2.06. The van der Waals surface area contributed by atoms with E-state index in [9.17, 15) is 14.9 Å². The van der Waals surface area contributed by atoms with Gasteiger partial charge in [0.15, 0.2) is 0 Å². The van der Waals surface area contributed by atoms with E-state index in [1.54, 1.807) is 36.7 Å². The number of anilines is 1. The molecule has 0 saturated carbocycles. The molecule has 1 amide bonds. The maximum absolute atomic E-state index is 11.6. The van der Waals surface area contributed by atoms with Gasteiger partial charge in [0, 0.05) is 49.4 Å². The van der Waals surface area contributed by atoms with E-state index in [-0.39, 0.29) is 11.6 Å². The molecule has 0 unspecified atom stereocenters. The Kier molecular flexibility index (Phi) is 5.81. The molecule has 2 rings (SSSR count). The Balaban J connectivity index is 1.69. The first-order valence-corrected chi connectivity index (χ1v) is 6.99. The molecule has 0 bridgehead atoms. The average Bonchev–Trinajstić information content (AvgIpc) is 2.58. The molecule has 0 fully saturated rings. The van der Waals surface area contributed by atoms with Crippen molar-refractivity contribution >= 4 is 23.4 Å². The molecule has 23 heavy (non-hydrogen) atoms. The van der Waals surface area contributed by atoms with Gasteiger partial charge in [-0.05, 0) is 29.8 Å². The van der Waals surface area contributed by atoms with E-state index in [4.69, 9.17) is 0 Å². The summed E-state index contributed by atoms with van der Waals surface area (Å²) in [4.78, 5) is 25.7. The monoisotopic (exact) mass is 312 g/mol. The summed E-state index contributed by atoms with van der Waals surface area (Å²) in [6.07, 6.45) is 6.47. The largest absolute Gasteiger partial charge is 0.383 e. The number of benzene rings is 1. The molecule has 0 aliphatic rings. The fourth-order valence-corrected chi connectivity index (χ4v) is 1.80. The van der Waals surface area contributed by atoms with Crippen LogP contribution >= 0.6 is 0 Å². The summed E-state index contributed by atoms with van der Waals surface area (Å²) in [6, 6.07) is 9.76. The molecule has 0 atom stereocenters. The van der Waals surface area contributed by atoms with Crippen LogP contribution < -0.4 is 10.6 Å². The number of nitrogens with one attached hydrogen (secondary N) is 2. The van der Waals surface area contributed by atoms with E-state index >= 15 is 0 Å². The second-order valence-electron chi connectivity index (χ2n) is 4.64. The van der Waals surface area contributed by atoms with Gasteiger partial charge in [-0.15, -0.1) is 0 Å². The van der Waals surface area contributed by atoms with Crippen molar-refractivity contribution in [1.29, 1.82) is 0 Å². The summed E-state index contributed by atoms with van der Waals surface area (Å²) in [5.41, 5.74) is 1.66. The van der Waals surface area contributed by atoms with E-state index in [2.05, 4.69) is 15.6 Å². The summed E-state index contributed by atoms with van der Waals surface area (Å²) in [6.45, 7) is 0.956. The first kappa shape index (κ1) is 16.2. The van der Waals surface area contributed by atoms with Crippen molar-refractivity contribution in [2.45, 2.75) is 0 Å². The van der Waals surface area contributed by atoms with Crippen molar-refractivity contribution in [1.82, 2.24) is 10.3 Å². The highest BCUT2D eigenvalue weighted by atomic mass is 16.6. The number of hydrogen-bond acceptors (Lipinski definition) is 5. The Hall–Kier alpha value is -3.22. The Morgan fingerprint density at radius 3 is 2.65 bits per heavy atom. The predicted octanol–water partition coefficient (Wildman–Crippen LogP) is 2.23. The van der Waals surface area contributed by atoms with Crippen molar-refractivity contribution < 1.29 is 9.72 Å². The smallest absolute Gasteiger partial charge is 0.269 e. The van der Waals surface area contributed by atoms with E-state index < -0.39 is 4.92 Å². The first-order chi connectivity index (χ1) is 11.1. The molecule has 7 heteroatoms. The number of nitro groups is 1. The molecule has 0 saturated heterocycles. The van der Waals surface area contributed by atoms with Gasteiger partial charge < -0.3 is 10.6 Å². The molecule has 0 aliphatic carbocycles. The Labute approximate surface area is 133 Å². The minimum Gasteiger partial charge on any atom is -0.383 e. The molecular formula is C16H16N4O3. The van der Waals surface area contributed by atoms with Crippen LogP contribution in [-0.4, -0.2) is 28.9 Å². The number of amides is 1. The molecule has 1 heterocycles. The maximum Gasteiger partial charge on any atom is 0.269 e. The second-order valence-corrected chi connectivity index (χ2v) is 4.64. The number of rotatable bonds is 7. The lowest BCUT2D eigenvalue weighted by Crippen LogP contribution is -2.27. The van der Waals surface area contributed by atoms with Crippen molar-refractivity contribution in [3.63, 3.8) is 0 Å². The minimum atomic E-state index is -0.446. The molecule has 0 radical (unpaired) electrons. The van der Waals surface area contributed by atoms with Gasteiger partial charge in [-0.25, -0.2) is 0 Å². The fourth-order valence-electron chi connectivity index (χ4n) is 1.80.